The van der Waals surface area contributed by atoms with E-state index in [9.17, 15) is 0 Å². The molecule has 3 N–H and O–H groups in total. The van der Waals surface area contributed by atoms with Crippen LogP contribution < -0.4 is 15.8 Å². The zero-order chi connectivity index (χ0) is 17.4. The molecule has 3 heterocycles. The molecule has 6 nitrogen and oxygen atoms in total. The zero-order valence-corrected chi connectivity index (χ0v) is 15.6. The van der Waals surface area contributed by atoms with Gasteiger partial charge in [-0.25, -0.2) is 4.98 Å². The maximum absolute atomic E-state index is 6.34. The highest BCUT2D eigenvalue weighted by Gasteiger charge is 2.23. The summed E-state index contributed by atoms with van der Waals surface area (Å²) in [6.45, 7) is 1.99. The summed E-state index contributed by atoms with van der Waals surface area (Å²) in [5.41, 5.74) is 10.1. The Morgan fingerprint density at radius 2 is 2.12 bits per heavy atom. The van der Waals surface area contributed by atoms with E-state index in [0.29, 0.717) is 11.7 Å². The Kier molecular flexibility index (Phi) is 4.35. The number of anilines is 1. The highest BCUT2D eigenvalue weighted by Crippen LogP contribution is 2.35. The van der Waals surface area contributed by atoms with Crippen molar-refractivity contribution in [3.05, 3.63) is 40.6 Å². The van der Waals surface area contributed by atoms with Gasteiger partial charge in [0, 0.05) is 18.0 Å². The monoisotopic (exact) mass is 401 g/mol. The Labute approximate surface area is 154 Å². The number of hydrogen-bond acceptors (Lipinski definition) is 5. The normalized spacial score (nSPS) is 17.8. The number of nitrogens with one attached hydrogen (secondary N) is 1. The number of nitrogen functional groups attached to an aromatic ring is 1. The van der Waals surface area contributed by atoms with Gasteiger partial charge in [0.1, 0.15) is 11.6 Å². The van der Waals surface area contributed by atoms with Gasteiger partial charge in [-0.15, -0.1) is 0 Å². The van der Waals surface area contributed by atoms with Crippen LogP contribution in [0.3, 0.4) is 0 Å². The Morgan fingerprint density at radius 1 is 1.32 bits per heavy atom. The Bertz CT molecular complexity index is 900. The fourth-order valence-corrected chi connectivity index (χ4v) is 3.92. The number of piperidine rings is 1. The Hall–Kier alpha value is -2.12. The lowest BCUT2D eigenvalue weighted by molar-refractivity contribution is 0.415. The van der Waals surface area contributed by atoms with Crippen LogP contribution in [0.2, 0.25) is 0 Å². The van der Waals surface area contributed by atoms with Crippen molar-refractivity contribution in [2.24, 2.45) is 0 Å². The first kappa shape index (κ1) is 16.4. The summed E-state index contributed by atoms with van der Waals surface area (Å²) in [6.07, 6.45) is 4.07. The van der Waals surface area contributed by atoms with Crippen LogP contribution in [-0.4, -0.2) is 34.8 Å². The molecule has 1 aliphatic heterocycles. The van der Waals surface area contributed by atoms with Crippen LogP contribution in [0.1, 0.15) is 24.5 Å². The second-order valence-electron chi connectivity index (χ2n) is 6.26. The molecule has 1 unspecified atom stereocenters. The predicted octanol–water partition coefficient (Wildman–Crippen LogP) is 3.22. The second-order valence-corrected chi connectivity index (χ2v) is 7.05. The van der Waals surface area contributed by atoms with Crippen LogP contribution in [0, 0.1) is 0 Å². The second kappa shape index (κ2) is 6.65. The molecule has 0 amide bonds. The molecule has 0 spiro atoms. The average molecular weight is 402 g/mol. The highest BCUT2D eigenvalue weighted by atomic mass is 79.9. The summed E-state index contributed by atoms with van der Waals surface area (Å²) in [6, 6.07) is 7.90. The first-order valence-electron chi connectivity index (χ1n) is 8.36. The number of nitrogens with two attached hydrogens (primary N) is 1. The third kappa shape index (κ3) is 2.87. The van der Waals surface area contributed by atoms with Gasteiger partial charge < -0.3 is 15.8 Å². The van der Waals surface area contributed by atoms with E-state index in [1.165, 1.54) is 0 Å². The zero-order valence-electron chi connectivity index (χ0n) is 14.0. The van der Waals surface area contributed by atoms with Crippen LogP contribution in [-0.2, 0) is 0 Å². The lowest BCUT2D eigenvalue weighted by Gasteiger charge is -2.23. The van der Waals surface area contributed by atoms with Crippen LogP contribution in [0.4, 0.5) is 5.82 Å². The number of hydrogen-bond donors (Lipinski definition) is 2. The number of rotatable bonds is 3. The number of halogens is 1. The van der Waals surface area contributed by atoms with Crippen molar-refractivity contribution in [2.75, 3.05) is 25.9 Å². The smallest absolute Gasteiger partial charge is 0.165 e. The first-order valence-corrected chi connectivity index (χ1v) is 9.16. The van der Waals surface area contributed by atoms with Gasteiger partial charge in [-0.05, 0) is 53.0 Å². The molecule has 1 fully saturated rings. The quantitative estimate of drug-likeness (QED) is 0.704. The fraction of sp³-hybridized carbons (Fsp3) is 0.333. The Morgan fingerprint density at radius 3 is 2.80 bits per heavy atom. The summed E-state index contributed by atoms with van der Waals surface area (Å²) >= 11 is 3.63. The number of fused-ring (bicyclic) bond motifs is 1. The minimum Gasteiger partial charge on any atom is -0.497 e. The molecular weight excluding hydrogens is 382 g/mol. The van der Waals surface area contributed by atoms with E-state index in [0.717, 1.165) is 58.6 Å². The van der Waals surface area contributed by atoms with Crippen LogP contribution in [0.15, 0.2) is 34.9 Å². The molecule has 25 heavy (non-hydrogen) atoms. The third-order valence-electron chi connectivity index (χ3n) is 4.73. The molecule has 0 radical (unpaired) electrons. The Balaban J connectivity index is 1.84. The van der Waals surface area contributed by atoms with Crippen LogP contribution in [0.25, 0.3) is 16.8 Å². The molecule has 0 aliphatic carbocycles. The maximum atomic E-state index is 6.34. The van der Waals surface area contributed by atoms with Gasteiger partial charge in [-0.3, -0.25) is 0 Å². The largest absolute Gasteiger partial charge is 0.497 e. The van der Waals surface area contributed by atoms with Gasteiger partial charge in [-0.1, -0.05) is 12.1 Å². The van der Waals surface area contributed by atoms with E-state index >= 15 is 0 Å². The number of nitrogens with zero attached hydrogens (tertiary/aromatic N) is 3. The van der Waals surface area contributed by atoms with Gasteiger partial charge in [0.05, 0.1) is 23.5 Å². The first-order chi connectivity index (χ1) is 12.2. The molecule has 1 atom stereocenters. The van der Waals surface area contributed by atoms with E-state index in [1.807, 2.05) is 30.5 Å². The number of benzene rings is 1. The van der Waals surface area contributed by atoms with Crippen molar-refractivity contribution < 1.29 is 4.74 Å². The summed E-state index contributed by atoms with van der Waals surface area (Å²) < 4.78 is 7.78. The molecule has 130 valence electrons. The van der Waals surface area contributed by atoms with Gasteiger partial charge in [0.15, 0.2) is 5.65 Å². The van der Waals surface area contributed by atoms with E-state index < -0.39 is 0 Å². The molecule has 3 aromatic rings. The van der Waals surface area contributed by atoms with E-state index in [1.54, 1.807) is 11.6 Å². The summed E-state index contributed by atoms with van der Waals surface area (Å²) in [7, 11) is 1.66. The molecule has 1 aliphatic rings. The molecule has 0 bridgehead atoms. The SMILES string of the molecule is COc1ccc(-c2cnn3c(N)c(Br)c(C4CCCNC4)nc23)cc1. The van der Waals surface area contributed by atoms with Crippen molar-refractivity contribution in [3.8, 4) is 16.9 Å². The molecule has 4 rings (SSSR count). The van der Waals surface area contributed by atoms with Crippen molar-refractivity contribution >= 4 is 27.4 Å². The molecule has 1 aromatic carbocycles. The minimum atomic E-state index is 0.356. The number of aromatic nitrogens is 3. The van der Waals surface area contributed by atoms with Crippen molar-refractivity contribution in [2.45, 2.75) is 18.8 Å². The standard InChI is InChI=1S/C18H20BrN5O/c1-25-13-6-4-11(5-7-13)14-10-22-24-17(20)15(19)16(23-18(14)24)12-3-2-8-21-9-12/h4-7,10,12,21H,2-3,8-9,20H2,1H3. The number of ether oxygens (including phenoxy) is 1. The predicted molar refractivity (Wildman–Crippen MR) is 102 cm³/mol. The molecule has 2 aromatic heterocycles. The van der Waals surface area contributed by atoms with E-state index in [2.05, 4.69) is 26.3 Å². The highest BCUT2D eigenvalue weighted by molar-refractivity contribution is 9.10. The molecule has 0 saturated carbocycles. The van der Waals surface area contributed by atoms with Gasteiger partial charge in [0.2, 0.25) is 0 Å². The van der Waals surface area contributed by atoms with Crippen molar-refractivity contribution in [1.29, 1.82) is 0 Å². The van der Waals surface area contributed by atoms with Gasteiger partial charge in [0.25, 0.3) is 0 Å². The third-order valence-corrected chi connectivity index (χ3v) is 5.55. The van der Waals surface area contributed by atoms with E-state index in [-0.39, 0.29) is 0 Å². The summed E-state index contributed by atoms with van der Waals surface area (Å²) in [5.74, 6) is 1.77. The summed E-state index contributed by atoms with van der Waals surface area (Å²) in [5, 5.41) is 7.88. The van der Waals surface area contributed by atoms with Crippen molar-refractivity contribution in [1.82, 2.24) is 19.9 Å². The number of methoxy groups -OCH3 is 1. The average Bonchev–Trinajstić information content (AvgIpc) is 3.09. The van der Waals surface area contributed by atoms with Gasteiger partial charge in [-0.2, -0.15) is 9.61 Å². The summed E-state index contributed by atoms with van der Waals surface area (Å²) in [4.78, 5) is 4.94. The molecular formula is C18H20BrN5O. The lowest BCUT2D eigenvalue weighted by Crippen LogP contribution is -2.29. The lowest BCUT2D eigenvalue weighted by atomic mass is 9.96. The topological polar surface area (TPSA) is 77.5 Å². The van der Waals surface area contributed by atoms with Gasteiger partial charge >= 0.3 is 0 Å². The van der Waals surface area contributed by atoms with E-state index in [4.69, 9.17) is 15.5 Å². The van der Waals surface area contributed by atoms with Crippen LogP contribution in [0.5, 0.6) is 5.75 Å². The minimum absolute atomic E-state index is 0.356. The van der Waals surface area contributed by atoms with Crippen molar-refractivity contribution in [3.63, 3.8) is 0 Å². The van der Waals surface area contributed by atoms with Crippen LogP contribution >= 0.6 is 15.9 Å². The molecule has 7 heteroatoms. The maximum Gasteiger partial charge on any atom is 0.165 e. The molecule has 1 saturated heterocycles. The fourth-order valence-electron chi connectivity index (χ4n) is 3.34.